The van der Waals surface area contributed by atoms with Gasteiger partial charge in [-0.05, 0) is 65.4 Å². The summed E-state index contributed by atoms with van der Waals surface area (Å²) in [5.74, 6) is 1.10. The van der Waals surface area contributed by atoms with Crippen LogP contribution in [-0.4, -0.2) is 12.9 Å². The van der Waals surface area contributed by atoms with E-state index in [1.165, 1.54) is 0 Å². The molecule has 3 rings (SSSR count). The molecule has 0 aromatic heterocycles. The Balaban J connectivity index is 1.89. The summed E-state index contributed by atoms with van der Waals surface area (Å²) in [7, 11) is 1.64. The molecule has 2 aromatic carbocycles. The van der Waals surface area contributed by atoms with E-state index in [9.17, 15) is 4.79 Å². The van der Waals surface area contributed by atoms with Crippen LogP contribution in [0.1, 0.15) is 29.9 Å². The second kappa shape index (κ2) is 6.77. The summed E-state index contributed by atoms with van der Waals surface area (Å²) in [5, 5.41) is 1.15. The van der Waals surface area contributed by atoms with Crippen LogP contribution in [-0.2, 0) is 4.79 Å². The topological polar surface area (TPSA) is 26.3 Å². The van der Waals surface area contributed by atoms with Crippen LogP contribution in [0.3, 0.4) is 0 Å². The Morgan fingerprint density at radius 3 is 2.26 bits per heavy atom. The summed E-state index contributed by atoms with van der Waals surface area (Å²) >= 11 is 12.2. The van der Waals surface area contributed by atoms with E-state index < -0.39 is 0 Å². The highest BCUT2D eigenvalue weighted by molar-refractivity contribution is 6.34. The molecule has 0 heterocycles. The van der Waals surface area contributed by atoms with Crippen molar-refractivity contribution in [1.82, 2.24) is 0 Å². The molecule has 0 bridgehead atoms. The van der Waals surface area contributed by atoms with Gasteiger partial charge in [-0.2, -0.15) is 0 Å². The van der Waals surface area contributed by atoms with E-state index >= 15 is 0 Å². The molecular weight excluding hydrogens is 331 g/mol. The lowest BCUT2D eigenvalue weighted by molar-refractivity contribution is -0.115. The molecule has 0 saturated carbocycles. The standard InChI is InChI=1S/C19H16Cl2O2/c1-23-19-4-2-12(3-5-19)13-6-14(10-18(22)9-13)15-7-16(20)11-17(21)8-15/h2-5,7-8,10-11,13H,6,9H2,1H3/t13-/m1/s1. The smallest absolute Gasteiger partial charge is 0.156 e. The van der Waals surface area contributed by atoms with E-state index in [2.05, 4.69) is 0 Å². The molecule has 0 radical (unpaired) electrons. The molecule has 0 amide bonds. The minimum atomic E-state index is 0.128. The van der Waals surface area contributed by atoms with Gasteiger partial charge in [-0.25, -0.2) is 0 Å². The predicted octanol–water partition coefficient (Wildman–Crippen LogP) is 5.53. The van der Waals surface area contributed by atoms with Gasteiger partial charge in [0.05, 0.1) is 7.11 Å². The van der Waals surface area contributed by atoms with Gasteiger partial charge < -0.3 is 4.74 Å². The molecule has 0 saturated heterocycles. The number of ketones is 1. The van der Waals surface area contributed by atoms with Crippen molar-refractivity contribution >= 4 is 34.6 Å². The molecule has 1 aliphatic rings. The number of ether oxygens (including phenoxy) is 1. The first-order valence-electron chi connectivity index (χ1n) is 7.39. The summed E-state index contributed by atoms with van der Waals surface area (Å²) in [6.07, 6.45) is 3.01. The van der Waals surface area contributed by atoms with Crippen LogP contribution in [0.2, 0.25) is 10.0 Å². The maximum absolute atomic E-state index is 12.2. The first kappa shape index (κ1) is 16.1. The lowest BCUT2D eigenvalue weighted by Crippen LogP contribution is -2.12. The summed E-state index contributed by atoms with van der Waals surface area (Å²) in [6, 6.07) is 13.3. The van der Waals surface area contributed by atoms with Gasteiger partial charge in [0.25, 0.3) is 0 Å². The van der Waals surface area contributed by atoms with Crippen molar-refractivity contribution < 1.29 is 9.53 Å². The summed E-state index contributed by atoms with van der Waals surface area (Å²) < 4.78 is 5.19. The maximum Gasteiger partial charge on any atom is 0.156 e. The number of hydrogen-bond acceptors (Lipinski definition) is 2. The Bertz CT molecular complexity index is 743. The maximum atomic E-state index is 12.2. The number of methoxy groups -OCH3 is 1. The van der Waals surface area contributed by atoms with Gasteiger partial charge in [-0.1, -0.05) is 35.3 Å². The van der Waals surface area contributed by atoms with Crippen molar-refractivity contribution in [2.24, 2.45) is 0 Å². The second-order valence-electron chi connectivity index (χ2n) is 5.67. The van der Waals surface area contributed by atoms with Crippen LogP contribution in [0.25, 0.3) is 5.57 Å². The van der Waals surface area contributed by atoms with Crippen molar-refractivity contribution in [2.75, 3.05) is 7.11 Å². The Hall–Kier alpha value is -1.77. The van der Waals surface area contributed by atoms with Crippen LogP contribution >= 0.6 is 23.2 Å². The third-order valence-corrected chi connectivity index (χ3v) is 4.51. The Morgan fingerprint density at radius 1 is 1.00 bits per heavy atom. The zero-order chi connectivity index (χ0) is 16.4. The molecule has 0 aliphatic heterocycles. The molecule has 2 nitrogen and oxygen atoms in total. The summed E-state index contributed by atoms with van der Waals surface area (Å²) in [5.41, 5.74) is 3.03. The summed E-state index contributed by atoms with van der Waals surface area (Å²) in [4.78, 5) is 12.2. The van der Waals surface area contributed by atoms with Gasteiger partial charge in [0.1, 0.15) is 5.75 Å². The fourth-order valence-electron chi connectivity index (χ4n) is 2.94. The first-order valence-corrected chi connectivity index (χ1v) is 8.14. The molecule has 2 aromatic rings. The van der Waals surface area contributed by atoms with Gasteiger partial charge in [-0.15, -0.1) is 0 Å². The van der Waals surface area contributed by atoms with E-state index in [0.717, 1.165) is 28.9 Å². The average Bonchev–Trinajstić information content (AvgIpc) is 2.53. The van der Waals surface area contributed by atoms with E-state index in [4.69, 9.17) is 27.9 Å². The number of halogens is 2. The quantitative estimate of drug-likeness (QED) is 0.729. The first-order chi connectivity index (χ1) is 11.0. The molecule has 23 heavy (non-hydrogen) atoms. The van der Waals surface area contributed by atoms with Gasteiger partial charge in [0.15, 0.2) is 5.78 Å². The normalized spacial score (nSPS) is 17.8. The third-order valence-electron chi connectivity index (χ3n) is 4.07. The molecule has 1 aliphatic carbocycles. The van der Waals surface area contributed by atoms with Crippen LogP contribution < -0.4 is 4.74 Å². The van der Waals surface area contributed by atoms with Crippen molar-refractivity contribution in [1.29, 1.82) is 0 Å². The predicted molar refractivity (Wildman–Crippen MR) is 94.4 cm³/mol. The largest absolute Gasteiger partial charge is 0.497 e. The molecule has 0 N–H and O–H groups in total. The Morgan fingerprint density at radius 2 is 1.65 bits per heavy atom. The highest BCUT2D eigenvalue weighted by atomic mass is 35.5. The van der Waals surface area contributed by atoms with Gasteiger partial charge in [0, 0.05) is 16.5 Å². The van der Waals surface area contributed by atoms with E-state index in [1.807, 2.05) is 36.4 Å². The van der Waals surface area contributed by atoms with E-state index in [1.54, 1.807) is 19.3 Å². The molecule has 118 valence electrons. The molecule has 0 fully saturated rings. The number of rotatable bonds is 3. The molecule has 0 unspecified atom stereocenters. The highest BCUT2D eigenvalue weighted by Gasteiger charge is 2.23. The molecular formula is C19H16Cl2O2. The van der Waals surface area contributed by atoms with Crippen molar-refractivity contribution in [3.63, 3.8) is 0 Å². The van der Waals surface area contributed by atoms with Crippen LogP contribution in [0.4, 0.5) is 0 Å². The fourth-order valence-corrected chi connectivity index (χ4v) is 3.47. The minimum Gasteiger partial charge on any atom is -0.497 e. The summed E-state index contributed by atoms with van der Waals surface area (Å²) in [6.45, 7) is 0. The third kappa shape index (κ3) is 3.77. The monoisotopic (exact) mass is 346 g/mol. The molecule has 1 atom stereocenters. The Kier molecular flexibility index (Phi) is 4.74. The fraction of sp³-hybridized carbons (Fsp3) is 0.211. The molecule has 4 heteroatoms. The van der Waals surface area contributed by atoms with Crippen LogP contribution in [0.15, 0.2) is 48.5 Å². The highest BCUT2D eigenvalue weighted by Crippen LogP contribution is 2.37. The van der Waals surface area contributed by atoms with Gasteiger partial charge in [-0.3, -0.25) is 4.79 Å². The number of hydrogen-bond donors (Lipinski definition) is 0. The number of carbonyl (C=O) groups is 1. The van der Waals surface area contributed by atoms with Crippen molar-refractivity contribution in [3.05, 3.63) is 69.7 Å². The van der Waals surface area contributed by atoms with E-state index in [-0.39, 0.29) is 11.7 Å². The van der Waals surface area contributed by atoms with E-state index in [0.29, 0.717) is 16.5 Å². The minimum absolute atomic E-state index is 0.128. The SMILES string of the molecule is COc1ccc([C@H]2CC(=O)C=C(c3cc(Cl)cc(Cl)c3)C2)cc1. The van der Waals surface area contributed by atoms with Gasteiger partial charge >= 0.3 is 0 Å². The zero-order valence-electron chi connectivity index (χ0n) is 12.7. The van der Waals surface area contributed by atoms with Crippen molar-refractivity contribution in [3.8, 4) is 5.75 Å². The van der Waals surface area contributed by atoms with Crippen LogP contribution in [0, 0.1) is 0 Å². The Labute approximate surface area is 145 Å². The number of allylic oxidation sites excluding steroid dienone is 2. The van der Waals surface area contributed by atoms with Crippen molar-refractivity contribution in [2.45, 2.75) is 18.8 Å². The average molecular weight is 347 g/mol. The lowest BCUT2D eigenvalue weighted by atomic mass is 9.81. The van der Waals surface area contributed by atoms with Gasteiger partial charge in [0.2, 0.25) is 0 Å². The second-order valence-corrected chi connectivity index (χ2v) is 6.55. The number of carbonyl (C=O) groups excluding carboxylic acids is 1. The molecule has 0 spiro atoms. The van der Waals surface area contributed by atoms with Crippen LogP contribution in [0.5, 0.6) is 5.75 Å². The number of benzene rings is 2. The zero-order valence-corrected chi connectivity index (χ0v) is 14.2. The lowest BCUT2D eigenvalue weighted by Gasteiger charge is -2.23.